The molecule has 5 rings (SSSR count). The van der Waals surface area contributed by atoms with E-state index in [1.54, 1.807) is 28.4 Å². The zero-order valence-electron chi connectivity index (χ0n) is 19.6. The van der Waals surface area contributed by atoms with Crippen LogP contribution in [-0.4, -0.2) is 55.6 Å². The second-order valence-corrected chi connectivity index (χ2v) is 8.17. The highest BCUT2D eigenvalue weighted by atomic mass is 16.5. The van der Waals surface area contributed by atoms with Gasteiger partial charge in [0.15, 0.2) is 34.6 Å². The Labute approximate surface area is 189 Å². The molecular formula is C24H30N4O4. The number of rotatable bonds is 4. The lowest BCUT2D eigenvalue weighted by molar-refractivity contribution is 0.355. The fraction of sp³-hybridized carbons (Fsp3) is 0.417. The van der Waals surface area contributed by atoms with E-state index in [1.807, 2.05) is 0 Å². The molecule has 0 N–H and O–H groups in total. The van der Waals surface area contributed by atoms with Gasteiger partial charge >= 0.3 is 0 Å². The SMILES string of the molecule is COc1cc2c(cc1OC)N1CCCCN3/C(=C\1N2C)N(C)c1cc(OC)c(OC)cc13. The second-order valence-electron chi connectivity index (χ2n) is 8.17. The highest BCUT2D eigenvalue weighted by Crippen LogP contribution is 2.53. The summed E-state index contributed by atoms with van der Waals surface area (Å²) in [6.45, 7) is 1.88. The van der Waals surface area contributed by atoms with E-state index in [0.717, 1.165) is 83.3 Å². The Morgan fingerprint density at radius 2 is 0.844 bits per heavy atom. The molecule has 8 nitrogen and oxygen atoms in total. The summed E-state index contributed by atoms with van der Waals surface area (Å²) in [7, 11) is 10.9. The minimum atomic E-state index is 0.730. The summed E-state index contributed by atoms with van der Waals surface area (Å²) in [5.41, 5.74) is 4.47. The normalized spacial score (nSPS) is 19.1. The Hall–Kier alpha value is -3.42. The van der Waals surface area contributed by atoms with Crippen LogP contribution in [0, 0.1) is 0 Å². The highest BCUT2D eigenvalue weighted by molar-refractivity contribution is 5.91. The van der Waals surface area contributed by atoms with E-state index in [-0.39, 0.29) is 0 Å². The third-order valence-corrected chi connectivity index (χ3v) is 6.63. The van der Waals surface area contributed by atoms with Crippen molar-refractivity contribution in [2.75, 3.05) is 75.2 Å². The topological polar surface area (TPSA) is 49.9 Å². The number of ether oxygens (including phenoxy) is 4. The average molecular weight is 439 g/mol. The standard InChI is InChI=1S/C24H30N4O4/c1-25-15-11-19(29-3)21(31-5)13-17(15)27-9-7-8-10-28-18-14-22(32-6)20(30-4)12-16(18)26(2)24(28)23(25)27/h11-14H,7-10H2,1-6H3/b24-23-. The van der Waals surface area contributed by atoms with Crippen molar-refractivity contribution in [1.82, 2.24) is 0 Å². The average Bonchev–Trinajstić information content (AvgIpc) is 3.21. The van der Waals surface area contributed by atoms with Crippen LogP contribution in [0.15, 0.2) is 35.9 Å². The van der Waals surface area contributed by atoms with Gasteiger partial charge in [-0.05, 0) is 12.8 Å². The zero-order chi connectivity index (χ0) is 22.6. The van der Waals surface area contributed by atoms with Crippen LogP contribution in [0.5, 0.6) is 23.0 Å². The largest absolute Gasteiger partial charge is 0.493 e. The van der Waals surface area contributed by atoms with E-state index in [4.69, 9.17) is 18.9 Å². The van der Waals surface area contributed by atoms with Gasteiger partial charge in [0.25, 0.3) is 0 Å². The smallest absolute Gasteiger partial charge is 0.162 e. The molecular weight excluding hydrogens is 408 g/mol. The number of fused-ring (bicyclic) bond motifs is 6. The van der Waals surface area contributed by atoms with Gasteiger partial charge in [0.2, 0.25) is 0 Å². The molecule has 0 fully saturated rings. The summed E-state index contributed by atoms with van der Waals surface area (Å²) in [4.78, 5) is 9.30. The van der Waals surface area contributed by atoms with Gasteiger partial charge in [0, 0.05) is 51.5 Å². The summed E-state index contributed by atoms with van der Waals surface area (Å²) in [6.07, 6.45) is 2.17. The van der Waals surface area contributed by atoms with Gasteiger partial charge in [-0.1, -0.05) is 0 Å². The molecule has 3 heterocycles. The molecule has 2 aromatic carbocycles. The fourth-order valence-corrected chi connectivity index (χ4v) is 5.04. The molecule has 0 saturated carbocycles. The van der Waals surface area contributed by atoms with Gasteiger partial charge in [-0.2, -0.15) is 0 Å². The second kappa shape index (κ2) is 7.62. The van der Waals surface area contributed by atoms with Crippen LogP contribution in [0.3, 0.4) is 0 Å². The number of methoxy groups -OCH3 is 4. The molecule has 0 saturated heterocycles. The molecule has 0 radical (unpaired) electrons. The van der Waals surface area contributed by atoms with Crippen LogP contribution in [0.25, 0.3) is 0 Å². The first kappa shape index (κ1) is 20.5. The molecule has 0 atom stereocenters. The molecule has 8 heteroatoms. The van der Waals surface area contributed by atoms with Gasteiger partial charge in [0.1, 0.15) is 0 Å². The van der Waals surface area contributed by atoms with Gasteiger partial charge in [-0.3, -0.25) is 0 Å². The third kappa shape index (κ3) is 2.75. The third-order valence-electron chi connectivity index (χ3n) is 6.63. The minimum absolute atomic E-state index is 0.730. The number of benzene rings is 2. The van der Waals surface area contributed by atoms with E-state index < -0.39 is 0 Å². The van der Waals surface area contributed by atoms with Crippen LogP contribution in [0.4, 0.5) is 22.7 Å². The summed E-state index contributed by atoms with van der Waals surface area (Å²) in [5, 5.41) is 0. The monoisotopic (exact) mass is 438 g/mol. The van der Waals surface area contributed by atoms with Crippen LogP contribution < -0.4 is 38.5 Å². The highest BCUT2D eigenvalue weighted by Gasteiger charge is 2.41. The first-order valence-corrected chi connectivity index (χ1v) is 10.8. The van der Waals surface area contributed by atoms with Crippen molar-refractivity contribution < 1.29 is 18.9 Å². The minimum Gasteiger partial charge on any atom is -0.493 e. The van der Waals surface area contributed by atoms with E-state index in [2.05, 4.69) is 58.0 Å². The van der Waals surface area contributed by atoms with Crippen LogP contribution in [-0.2, 0) is 0 Å². The van der Waals surface area contributed by atoms with E-state index >= 15 is 0 Å². The summed E-state index contributed by atoms with van der Waals surface area (Å²) in [6, 6.07) is 8.28. The molecule has 0 bridgehead atoms. The molecule has 2 aromatic rings. The predicted molar refractivity (Wildman–Crippen MR) is 127 cm³/mol. The first-order valence-electron chi connectivity index (χ1n) is 10.8. The molecule has 3 aliphatic heterocycles. The lowest BCUT2D eigenvalue weighted by Crippen LogP contribution is -2.39. The van der Waals surface area contributed by atoms with Crippen molar-refractivity contribution in [3.63, 3.8) is 0 Å². The van der Waals surface area contributed by atoms with Gasteiger partial charge < -0.3 is 38.5 Å². The lowest BCUT2D eigenvalue weighted by atomic mass is 10.2. The number of nitrogens with zero attached hydrogens (tertiary/aromatic N) is 4. The molecule has 3 aliphatic rings. The Morgan fingerprint density at radius 3 is 1.16 bits per heavy atom. The lowest BCUT2D eigenvalue weighted by Gasteiger charge is -2.33. The number of hydrogen-bond acceptors (Lipinski definition) is 8. The summed E-state index contributed by atoms with van der Waals surface area (Å²) >= 11 is 0. The molecule has 0 unspecified atom stereocenters. The van der Waals surface area contributed by atoms with Gasteiger partial charge in [0.05, 0.1) is 51.2 Å². The molecule has 0 spiro atoms. The predicted octanol–water partition coefficient (Wildman–Crippen LogP) is 3.85. The molecule has 0 aromatic heterocycles. The van der Waals surface area contributed by atoms with Crippen molar-refractivity contribution in [2.45, 2.75) is 12.8 Å². The van der Waals surface area contributed by atoms with Crippen molar-refractivity contribution in [3.8, 4) is 23.0 Å². The van der Waals surface area contributed by atoms with Gasteiger partial charge in [-0.25, -0.2) is 0 Å². The maximum Gasteiger partial charge on any atom is 0.162 e. The summed E-state index contributed by atoms with van der Waals surface area (Å²) in [5.74, 6) is 5.23. The Balaban J connectivity index is 1.71. The number of hydrogen-bond donors (Lipinski definition) is 0. The Kier molecular flexibility index (Phi) is 4.87. The molecule has 0 amide bonds. The van der Waals surface area contributed by atoms with E-state index in [1.165, 1.54) is 0 Å². The van der Waals surface area contributed by atoms with E-state index in [9.17, 15) is 0 Å². The summed E-state index contributed by atoms with van der Waals surface area (Å²) < 4.78 is 22.4. The van der Waals surface area contributed by atoms with Crippen molar-refractivity contribution in [1.29, 1.82) is 0 Å². The van der Waals surface area contributed by atoms with Crippen molar-refractivity contribution >= 4 is 22.7 Å². The van der Waals surface area contributed by atoms with Crippen molar-refractivity contribution in [3.05, 3.63) is 35.9 Å². The first-order chi connectivity index (χ1) is 15.5. The maximum absolute atomic E-state index is 5.61. The number of anilines is 4. The van der Waals surface area contributed by atoms with Crippen LogP contribution in [0.1, 0.15) is 12.8 Å². The Bertz CT molecular complexity index is 1010. The molecule has 32 heavy (non-hydrogen) atoms. The van der Waals surface area contributed by atoms with Gasteiger partial charge in [-0.15, -0.1) is 0 Å². The van der Waals surface area contributed by atoms with Crippen LogP contribution in [0.2, 0.25) is 0 Å². The quantitative estimate of drug-likeness (QED) is 0.714. The molecule has 0 aliphatic carbocycles. The maximum atomic E-state index is 5.61. The van der Waals surface area contributed by atoms with E-state index in [0.29, 0.717) is 0 Å². The van der Waals surface area contributed by atoms with Crippen LogP contribution >= 0.6 is 0 Å². The fourth-order valence-electron chi connectivity index (χ4n) is 5.04. The van der Waals surface area contributed by atoms with Crippen molar-refractivity contribution in [2.24, 2.45) is 0 Å². The zero-order valence-corrected chi connectivity index (χ0v) is 19.6. The Morgan fingerprint density at radius 1 is 0.531 bits per heavy atom. The molecule has 170 valence electrons.